The molecule has 4 atom stereocenters. The molecule has 1 fully saturated rings. The lowest BCUT2D eigenvalue weighted by atomic mass is 9.99. The van der Waals surface area contributed by atoms with Gasteiger partial charge in [0.25, 0.3) is 0 Å². The number of benzene rings is 1. The van der Waals surface area contributed by atoms with Crippen LogP contribution < -0.4 is 16.4 Å². The third-order valence-corrected chi connectivity index (χ3v) is 6.67. The maximum Gasteiger partial charge on any atom is 0.326 e. The summed E-state index contributed by atoms with van der Waals surface area (Å²) in [7, 11) is 0. The second kappa shape index (κ2) is 13.3. The van der Waals surface area contributed by atoms with Crippen molar-refractivity contribution in [3.63, 3.8) is 0 Å². The van der Waals surface area contributed by atoms with Crippen molar-refractivity contribution in [1.82, 2.24) is 15.5 Å². The first-order valence-corrected chi connectivity index (χ1v) is 13.1. The number of carbonyl (C=O) groups excluding carboxylic acids is 3. The van der Waals surface area contributed by atoms with Crippen LogP contribution in [0.4, 0.5) is 0 Å². The number of hydrogen-bond acceptors (Lipinski definition) is 7. The highest BCUT2D eigenvalue weighted by atomic mass is 32.2. The first-order chi connectivity index (χ1) is 16.5. The summed E-state index contributed by atoms with van der Waals surface area (Å²) in [6.45, 7) is 3.84. The number of amides is 3. The minimum absolute atomic E-state index is 0.0712. The summed E-state index contributed by atoms with van der Waals surface area (Å²) in [5, 5.41) is 24.5. The number of carbonyl (C=O) groups is 4. The number of aliphatic carboxylic acids is 1. The zero-order valence-corrected chi connectivity index (χ0v) is 21.2. The van der Waals surface area contributed by atoms with E-state index in [4.69, 9.17) is 5.73 Å². The molecule has 1 heterocycles. The third-order valence-electron chi connectivity index (χ3n) is 6.03. The molecule has 0 aliphatic carbocycles. The van der Waals surface area contributed by atoms with Gasteiger partial charge in [0.2, 0.25) is 17.7 Å². The van der Waals surface area contributed by atoms with Gasteiger partial charge >= 0.3 is 5.97 Å². The molecular weight excluding hydrogens is 472 g/mol. The Labute approximate surface area is 210 Å². The molecule has 4 unspecified atom stereocenters. The van der Waals surface area contributed by atoms with Crippen molar-refractivity contribution in [2.75, 3.05) is 18.6 Å². The number of nitrogens with zero attached hydrogens (tertiary/aromatic N) is 1. The molecular formula is C24H36N4O6S. The average molecular weight is 509 g/mol. The van der Waals surface area contributed by atoms with Crippen LogP contribution in [0.3, 0.4) is 0 Å². The smallest absolute Gasteiger partial charge is 0.326 e. The zero-order valence-electron chi connectivity index (χ0n) is 20.4. The summed E-state index contributed by atoms with van der Waals surface area (Å²) in [5.74, 6) is -2.12. The van der Waals surface area contributed by atoms with Crippen molar-refractivity contribution in [2.45, 2.75) is 63.7 Å². The second-order valence-corrected chi connectivity index (χ2v) is 10.1. The number of likely N-dealkylation sites (tertiary alicyclic amines) is 1. The second-order valence-electron chi connectivity index (χ2n) is 9.08. The first kappa shape index (κ1) is 28.4. The van der Waals surface area contributed by atoms with Gasteiger partial charge in [-0.15, -0.1) is 0 Å². The van der Waals surface area contributed by atoms with Gasteiger partial charge in [-0.05, 0) is 54.9 Å². The number of phenolic OH excluding ortho intramolecular Hbond substituents is 1. The molecule has 1 aliphatic heterocycles. The molecule has 1 aliphatic rings. The number of nitrogens with two attached hydrogens (primary N) is 1. The molecule has 194 valence electrons. The van der Waals surface area contributed by atoms with E-state index < -0.39 is 47.9 Å². The van der Waals surface area contributed by atoms with E-state index in [1.54, 1.807) is 37.7 Å². The van der Waals surface area contributed by atoms with E-state index in [0.717, 1.165) is 0 Å². The number of phenols is 1. The van der Waals surface area contributed by atoms with Crippen molar-refractivity contribution >= 4 is 35.5 Å². The van der Waals surface area contributed by atoms with Gasteiger partial charge in [0, 0.05) is 13.0 Å². The van der Waals surface area contributed by atoms with Gasteiger partial charge in [-0.25, -0.2) is 4.79 Å². The number of carboxylic acids is 1. The van der Waals surface area contributed by atoms with E-state index in [0.29, 0.717) is 37.1 Å². The van der Waals surface area contributed by atoms with E-state index in [1.165, 1.54) is 17.0 Å². The van der Waals surface area contributed by atoms with Gasteiger partial charge in [0.1, 0.15) is 23.9 Å². The Morgan fingerprint density at radius 1 is 1.14 bits per heavy atom. The third kappa shape index (κ3) is 8.14. The number of carboxylic acid groups (broad SMARTS) is 1. The Morgan fingerprint density at radius 3 is 2.37 bits per heavy atom. The predicted molar refractivity (Wildman–Crippen MR) is 134 cm³/mol. The number of rotatable bonds is 12. The number of nitrogens with one attached hydrogen (secondary N) is 2. The fourth-order valence-corrected chi connectivity index (χ4v) is 4.45. The van der Waals surface area contributed by atoms with E-state index >= 15 is 0 Å². The van der Waals surface area contributed by atoms with Crippen molar-refractivity contribution in [1.29, 1.82) is 0 Å². The molecule has 1 aromatic rings. The lowest BCUT2D eigenvalue weighted by molar-refractivity contribution is -0.150. The van der Waals surface area contributed by atoms with Crippen LogP contribution in [0.15, 0.2) is 24.3 Å². The van der Waals surface area contributed by atoms with Gasteiger partial charge < -0.3 is 31.5 Å². The van der Waals surface area contributed by atoms with Crippen molar-refractivity contribution in [3.8, 4) is 5.75 Å². The Balaban J connectivity index is 2.21. The van der Waals surface area contributed by atoms with Crippen molar-refractivity contribution < 1.29 is 29.4 Å². The van der Waals surface area contributed by atoms with Crippen LogP contribution >= 0.6 is 11.8 Å². The molecule has 6 N–H and O–H groups in total. The lowest BCUT2D eigenvalue weighted by Gasteiger charge is -2.31. The van der Waals surface area contributed by atoms with Gasteiger partial charge in [-0.2, -0.15) is 11.8 Å². The largest absolute Gasteiger partial charge is 0.508 e. The highest BCUT2D eigenvalue weighted by Crippen LogP contribution is 2.20. The van der Waals surface area contributed by atoms with Crippen LogP contribution in [-0.4, -0.2) is 81.5 Å². The Hall–Kier alpha value is -2.79. The molecule has 0 saturated carbocycles. The number of hydrogen-bond donors (Lipinski definition) is 5. The normalized spacial score (nSPS) is 18.1. The molecule has 1 saturated heterocycles. The average Bonchev–Trinajstić information content (AvgIpc) is 3.31. The minimum atomic E-state index is -1.07. The van der Waals surface area contributed by atoms with Gasteiger partial charge in [0.05, 0.1) is 6.04 Å². The minimum Gasteiger partial charge on any atom is -0.508 e. The van der Waals surface area contributed by atoms with E-state index in [-0.39, 0.29) is 18.1 Å². The summed E-state index contributed by atoms with van der Waals surface area (Å²) in [4.78, 5) is 52.1. The van der Waals surface area contributed by atoms with E-state index in [2.05, 4.69) is 10.6 Å². The molecule has 2 rings (SSSR count). The molecule has 11 heteroatoms. The Morgan fingerprint density at radius 2 is 1.80 bits per heavy atom. The molecule has 0 aromatic heterocycles. The molecule has 0 radical (unpaired) electrons. The molecule has 3 amide bonds. The summed E-state index contributed by atoms with van der Waals surface area (Å²) >= 11 is 1.56. The van der Waals surface area contributed by atoms with E-state index in [1.807, 2.05) is 6.26 Å². The number of thioether (sulfide) groups is 1. The molecule has 1 aromatic carbocycles. The predicted octanol–water partition coefficient (Wildman–Crippen LogP) is 0.716. The summed E-state index contributed by atoms with van der Waals surface area (Å²) < 4.78 is 0. The van der Waals surface area contributed by atoms with Crippen LogP contribution in [0.25, 0.3) is 0 Å². The molecule has 10 nitrogen and oxygen atoms in total. The lowest BCUT2D eigenvalue weighted by Crippen LogP contribution is -2.59. The maximum absolute atomic E-state index is 13.3. The summed E-state index contributed by atoms with van der Waals surface area (Å²) in [5.41, 5.74) is 6.68. The molecule has 0 spiro atoms. The number of aromatic hydroxyl groups is 1. The SMILES string of the molecule is CSCCC(N)C(=O)NC(Cc1ccc(O)cc1)C(=O)NC(C(=O)N1CCCC1C(=O)O)C(C)C. The van der Waals surface area contributed by atoms with E-state index in [9.17, 15) is 29.4 Å². The first-order valence-electron chi connectivity index (χ1n) is 11.7. The van der Waals surface area contributed by atoms with Crippen molar-refractivity contribution in [3.05, 3.63) is 29.8 Å². The Bertz CT molecular complexity index is 895. The topological polar surface area (TPSA) is 162 Å². The summed E-state index contributed by atoms with van der Waals surface area (Å²) in [6, 6.07) is 2.57. The van der Waals surface area contributed by atoms with Gasteiger partial charge in [0.15, 0.2) is 0 Å². The van der Waals surface area contributed by atoms with Crippen LogP contribution in [-0.2, 0) is 25.6 Å². The molecule has 0 bridgehead atoms. The van der Waals surface area contributed by atoms with Gasteiger partial charge in [-0.1, -0.05) is 26.0 Å². The Kier molecular flexibility index (Phi) is 10.8. The fourth-order valence-electron chi connectivity index (χ4n) is 3.96. The standard InChI is InChI=1S/C24H36N4O6S/c1-14(2)20(23(32)28-11-4-5-19(28)24(33)34)27-22(31)18(13-15-6-8-16(29)9-7-15)26-21(30)17(25)10-12-35-3/h6-9,14,17-20,29H,4-5,10-13,25H2,1-3H3,(H,26,30)(H,27,31)(H,33,34). The maximum atomic E-state index is 13.3. The van der Waals surface area contributed by atoms with Gasteiger partial charge in [-0.3, -0.25) is 14.4 Å². The fraction of sp³-hybridized carbons (Fsp3) is 0.583. The zero-order chi connectivity index (χ0) is 26.1. The monoisotopic (exact) mass is 508 g/mol. The van der Waals surface area contributed by atoms with Crippen LogP contribution in [0, 0.1) is 5.92 Å². The highest BCUT2D eigenvalue weighted by molar-refractivity contribution is 7.98. The van der Waals surface area contributed by atoms with Crippen LogP contribution in [0.1, 0.15) is 38.7 Å². The highest BCUT2D eigenvalue weighted by Gasteiger charge is 2.39. The van der Waals surface area contributed by atoms with Crippen LogP contribution in [0.5, 0.6) is 5.75 Å². The summed E-state index contributed by atoms with van der Waals surface area (Å²) in [6.07, 6.45) is 3.42. The molecule has 35 heavy (non-hydrogen) atoms. The van der Waals surface area contributed by atoms with Crippen molar-refractivity contribution in [2.24, 2.45) is 11.7 Å². The van der Waals surface area contributed by atoms with Crippen LogP contribution in [0.2, 0.25) is 0 Å². The quantitative estimate of drug-likeness (QED) is 0.276.